The molecule has 0 bridgehead atoms. The van der Waals surface area contributed by atoms with Gasteiger partial charge in [-0.2, -0.15) is 12.6 Å². The van der Waals surface area contributed by atoms with Crippen LogP contribution in [0.5, 0.6) is 5.75 Å². The van der Waals surface area contributed by atoms with Crippen molar-refractivity contribution in [1.82, 2.24) is 0 Å². The molecule has 5 heteroatoms. The van der Waals surface area contributed by atoms with Gasteiger partial charge in [0.05, 0.1) is 18.5 Å². The van der Waals surface area contributed by atoms with Gasteiger partial charge in [0.15, 0.2) is 0 Å². The molecule has 1 rings (SSSR count). The molecule has 0 heterocycles. The number of benzene rings is 1. The Kier molecular flexibility index (Phi) is 5.86. The second kappa shape index (κ2) is 7.19. The zero-order valence-corrected chi connectivity index (χ0v) is 10.3. The lowest BCUT2D eigenvalue weighted by Crippen LogP contribution is -2.08. The molecule has 0 spiro atoms. The molecule has 0 amide bonds. The summed E-state index contributed by atoms with van der Waals surface area (Å²) in [5.41, 5.74) is 0.739. The lowest BCUT2D eigenvalue weighted by molar-refractivity contribution is -0.140. The number of thiol groups is 1. The minimum Gasteiger partial charge on any atom is -0.508 e. The molecular formula is C12H16O4S. The van der Waals surface area contributed by atoms with Gasteiger partial charge in [0.25, 0.3) is 0 Å². The van der Waals surface area contributed by atoms with E-state index in [0.717, 1.165) is 5.56 Å². The first-order valence-corrected chi connectivity index (χ1v) is 6.00. The molecule has 0 aliphatic rings. The van der Waals surface area contributed by atoms with Crippen molar-refractivity contribution in [3.63, 3.8) is 0 Å². The van der Waals surface area contributed by atoms with Gasteiger partial charge >= 0.3 is 5.97 Å². The topological polar surface area (TPSA) is 66.8 Å². The Balaban J connectivity index is 2.27. The van der Waals surface area contributed by atoms with E-state index in [2.05, 4.69) is 12.6 Å². The molecule has 0 saturated carbocycles. The standard InChI is InChI=1S/C12H16O4S/c13-10-5-3-9(4-6-10)11(14)2-1-7-16-12(15)8-17/h3-6,11,13-14,17H,1-2,7-8H2/t11-/m0/s1. The Morgan fingerprint density at radius 1 is 1.35 bits per heavy atom. The first-order chi connectivity index (χ1) is 8.13. The van der Waals surface area contributed by atoms with E-state index in [0.29, 0.717) is 12.8 Å². The van der Waals surface area contributed by atoms with Crippen molar-refractivity contribution in [2.45, 2.75) is 18.9 Å². The maximum absolute atomic E-state index is 10.8. The van der Waals surface area contributed by atoms with Crippen molar-refractivity contribution in [2.75, 3.05) is 12.4 Å². The lowest BCUT2D eigenvalue weighted by atomic mass is 10.1. The first kappa shape index (κ1) is 13.9. The monoisotopic (exact) mass is 256 g/mol. The van der Waals surface area contributed by atoms with Crippen molar-refractivity contribution in [1.29, 1.82) is 0 Å². The average Bonchev–Trinajstić information content (AvgIpc) is 2.34. The molecule has 1 aromatic rings. The van der Waals surface area contributed by atoms with Crippen molar-refractivity contribution >= 4 is 18.6 Å². The molecule has 0 aliphatic carbocycles. The summed E-state index contributed by atoms with van der Waals surface area (Å²) in [6, 6.07) is 6.39. The number of aliphatic hydroxyl groups is 1. The fourth-order valence-corrected chi connectivity index (χ4v) is 1.46. The van der Waals surface area contributed by atoms with Crippen molar-refractivity contribution in [3.05, 3.63) is 29.8 Å². The highest BCUT2D eigenvalue weighted by Crippen LogP contribution is 2.20. The van der Waals surface area contributed by atoms with Crippen molar-refractivity contribution in [3.8, 4) is 5.75 Å². The van der Waals surface area contributed by atoms with Gasteiger partial charge in [-0.1, -0.05) is 12.1 Å². The fraction of sp³-hybridized carbons (Fsp3) is 0.417. The molecule has 94 valence electrons. The van der Waals surface area contributed by atoms with Gasteiger partial charge < -0.3 is 14.9 Å². The van der Waals surface area contributed by atoms with E-state index < -0.39 is 6.10 Å². The number of phenolic OH excluding ortho intramolecular Hbond substituents is 1. The van der Waals surface area contributed by atoms with Crippen LogP contribution in [0.4, 0.5) is 0 Å². The van der Waals surface area contributed by atoms with E-state index in [4.69, 9.17) is 9.84 Å². The summed E-state index contributed by atoms with van der Waals surface area (Å²) in [6.07, 6.45) is 0.483. The number of carbonyl (C=O) groups is 1. The van der Waals surface area contributed by atoms with Gasteiger partial charge in [0.2, 0.25) is 0 Å². The molecule has 0 radical (unpaired) electrons. The summed E-state index contributed by atoms with van der Waals surface area (Å²) in [6.45, 7) is 0.286. The third kappa shape index (κ3) is 5.10. The number of esters is 1. The molecular weight excluding hydrogens is 240 g/mol. The van der Waals surface area contributed by atoms with Gasteiger partial charge in [0.1, 0.15) is 5.75 Å². The van der Waals surface area contributed by atoms with Crippen LogP contribution in [0.1, 0.15) is 24.5 Å². The van der Waals surface area contributed by atoms with E-state index in [9.17, 15) is 9.90 Å². The van der Waals surface area contributed by atoms with Crippen LogP contribution in [0.25, 0.3) is 0 Å². The second-order valence-corrected chi connectivity index (χ2v) is 3.94. The minimum absolute atomic E-state index is 0.0700. The molecule has 0 unspecified atom stereocenters. The molecule has 4 nitrogen and oxygen atoms in total. The lowest BCUT2D eigenvalue weighted by Gasteiger charge is -2.10. The number of hydrogen-bond donors (Lipinski definition) is 3. The van der Waals surface area contributed by atoms with E-state index in [1.54, 1.807) is 12.1 Å². The van der Waals surface area contributed by atoms with Crippen LogP contribution in [-0.4, -0.2) is 28.5 Å². The molecule has 0 aromatic heterocycles. The normalized spacial score (nSPS) is 12.1. The number of hydrogen-bond acceptors (Lipinski definition) is 5. The van der Waals surface area contributed by atoms with Crippen molar-refractivity contribution in [2.24, 2.45) is 0 Å². The second-order valence-electron chi connectivity index (χ2n) is 3.63. The van der Waals surface area contributed by atoms with Crippen LogP contribution in [0, 0.1) is 0 Å². The average molecular weight is 256 g/mol. The Hall–Kier alpha value is -1.20. The van der Waals surface area contributed by atoms with Gasteiger partial charge in [-0.05, 0) is 30.5 Å². The zero-order valence-electron chi connectivity index (χ0n) is 9.37. The molecule has 0 saturated heterocycles. The van der Waals surface area contributed by atoms with Crippen LogP contribution in [0.3, 0.4) is 0 Å². The van der Waals surface area contributed by atoms with Gasteiger partial charge in [-0.3, -0.25) is 4.79 Å². The summed E-state index contributed by atoms with van der Waals surface area (Å²) in [7, 11) is 0. The number of rotatable bonds is 6. The number of ether oxygens (including phenoxy) is 1. The number of phenols is 1. The fourth-order valence-electron chi connectivity index (χ4n) is 1.37. The maximum atomic E-state index is 10.8. The number of carbonyl (C=O) groups excluding carboxylic acids is 1. The predicted octanol–water partition coefficient (Wildman–Crippen LogP) is 1.68. The van der Waals surface area contributed by atoms with Crippen LogP contribution in [0.2, 0.25) is 0 Å². The summed E-state index contributed by atoms with van der Waals surface area (Å²) >= 11 is 3.78. The van der Waals surface area contributed by atoms with Crippen LogP contribution >= 0.6 is 12.6 Å². The number of aliphatic hydroxyl groups excluding tert-OH is 1. The van der Waals surface area contributed by atoms with Crippen LogP contribution < -0.4 is 0 Å². The zero-order chi connectivity index (χ0) is 12.7. The third-order valence-electron chi connectivity index (χ3n) is 2.29. The quantitative estimate of drug-likeness (QED) is 0.411. The van der Waals surface area contributed by atoms with Gasteiger partial charge in [0, 0.05) is 0 Å². The van der Waals surface area contributed by atoms with Gasteiger partial charge in [-0.15, -0.1) is 0 Å². The molecule has 2 N–H and O–H groups in total. The highest BCUT2D eigenvalue weighted by molar-refractivity contribution is 7.81. The predicted molar refractivity (Wildman–Crippen MR) is 67.1 cm³/mol. The minimum atomic E-state index is -0.606. The van der Waals surface area contributed by atoms with Gasteiger partial charge in [-0.25, -0.2) is 0 Å². The molecule has 0 aliphatic heterocycles. The highest BCUT2D eigenvalue weighted by Gasteiger charge is 2.07. The van der Waals surface area contributed by atoms with E-state index in [-0.39, 0.29) is 24.1 Å². The SMILES string of the molecule is O=C(CS)OCCC[C@H](O)c1ccc(O)cc1. The Morgan fingerprint density at radius 3 is 2.59 bits per heavy atom. The van der Waals surface area contributed by atoms with E-state index in [1.807, 2.05) is 0 Å². The van der Waals surface area contributed by atoms with Crippen LogP contribution in [0.15, 0.2) is 24.3 Å². The first-order valence-electron chi connectivity index (χ1n) is 5.37. The highest BCUT2D eigenvalue weighted by atomic mass is 32.1. The molecule has 1 atom stereocenters. The number of aromatic hydroxyl groups is 1. The summed E-state index contributed by atoms with van der Waals surface area (Å²) in [5, 5.41) is 18.9. The molecule has 1 aromatic carbocycles. The maximum Gasteiger partial charge on any atom is 0.315 e. The summed E-state index contributed by atoms with van der Waals surface area (Å²) in [4.78, 5) is 10.8. The smallest absolute Gasteiger partial charge is 0.315 e. The van der Waals surface area contributed by atoms with Crippen molar-refractivity contribution < 1.29 is 19.7 Å². The largest absolute Gasteiger partial charge is 0.508 e. The third-order valence-corrected chi connectivity index (χ3v) is 2.55. The van der Waals surface area contributed by atoms with E-state index >= 15 is 0 Å². The Morgan fingerprint density at radius 2 is 2.00 bits per heavy atom. The van der Waals surface area contributed by atoms with Crippen LogP contribution in [-0.2, 0) is 9.53 Å². The Bertz CT molecular complexity index is 350. The molecule has 17 heavy (non-hydrogen) atoms. The molecule has 0 fully saturated rings. The summed E-state index contributed by atoms with van der Waals surface area (Å²) in [5.74, 6) is -0.114. The van der Waals surface area contributed by atoms with E-state index in [1.165, 1.54) is 12.1 Å². The Labute approximate surface area is 106 Å². The summed E-state index contributed by atoms with van der Waals surface area (Å²) < 4.78 is 4.83.